The van der Waals surface area contributed by atoms with E-state index in [4.69, 9.17) is 0 Å². The Kier molecular flexibility index (Phi) is 4.19. The van der Waals surface area contributed by atoms with E-state index in [-0.39, 0.29) is 0 Å². The van der Waals surface area contributed by atoms with Crippen LogP contribution in [-0.4, -0.2) is 45.7 Å². The van der Waals surface area contributed by atoms with Crippen LogP contribution in [0.5, 0.6) is 0 Å². The summed E-state index contributed by atoms with van der Waals surface area (Å²) < 4.78 is 2.71. The van der Waals surface area contributed by atoms with Crippen LogP contribution in [0.4, 0.5) is 5.95 Å². The van der Waals surface area contributed by atoms with E-state index in [9.17, 15) is 0 Å². The molecule has 1 N–H and O–H groups in total. The number of nitrogens with one attached hydrogen (secondary N) is 1. The summed E-state index contributed by atoms with van der Waals surface area (Å²) in [6.45, 7) is 6.16. The van der Waals surface area contributed by atoms with Crippen molar-refractivity contribution in [1.82, 2.24) is 19.5 Å². The summed E-state index contributed by atoms with van der Waals surface area (Å²) in [6.07, 6.45) is 1.89. The number of hydrogen-bond donors (Lipinski definition) is 1. The minimum absolute atomic E-state index is 0.551. The zero-order chi connectivity index (χ0) is 13.1. The number of rotatable bonds is 5. The highest BCUT2D eigenvalue weighted by Gasteiger charge is 2.06. The highest BCUT2D eigenvalue weighted by molar-refractivity contribution is 9.10. The number of likely N-dealkylation sites (N-methyl/N-ethyl adjacent to an activating group) is 1. The summed E-state index contributed by atoms with van der Waals surface area (Å²) in [5.41, 5.74) is 0.831. The summed E-state index contributed by atoms with van der Waals surface area (Å²) in [4.78, 5) is 6.71. The van der Waals surface area contributed by atoms with E-state index in [0.717, 1.165) is 23.2 Å². The average molecular weight is 312 g/mol. The van der Waals surface area contributed by atoms with Gasteiger partial charge in [-0.15, -0.1) is 5.10 Å². The number of aromatic nitrogens is 3. The smallest absolute Gasteiger partial charge is 0.243 e. The lowest BCUT2D eigenvalue weighted by atomic mass is 10.3. The fourth-order valence-corrected chi connectivity index (χ4v) is 1.97. The molecule has 0 saturated heterocycles. The molecule has 0 aromatic carbocycles. The average Bonchev–Trinajstić information content (AvgIpc) is 2.73. The van der Waals surface area contributed by atoms with Crippen molar-refractivity contribution >= 4 is 27.5 Å². The van der Waals surface area contributed by atoms with Gasteiger partial charge < -0.3 is 10.2 Å². The van der Waals surface area contributed by atoms with Crippen molar-refractivity contribution in [3.05, 3.63) is 22.8 Å². The third-order valence-electron chi connectivity index (χ3n) is 2.94. The van der Waals surface area contributed by atoms with E-state index in [1.807, 2.05) is 18.3 Å². The van der Waals surface area contributed by atoms with E-state index in [1.165, 1.54) is 0 Å². The summed E-state index contributed by atoms with van der Waals surface area (Å²) in [7, 11) is 2.11. The van der Waals surface area contributed by atoms with Crippen LogP contribution in [0.3, 0.4) is 0 Å². The summed E-state index contributed by atoms with van der Waals surface area (Å²) in [5.74, 6) is 0.666. The Balaban J connectivity index is 1.98. The SMILES string of the molecule is CC(C)N(C)CCNc1nc2c(Br)cccn2n1. The van der Waals surface area contributed by atoms with Crippen LogP contribution in [-0.2, 0) is 0 Å². The molecule has 0 unspecified atom stereocenters. The molecule has 5 nitrogen and oxygen atoms in total. The van der Waals surface area contributed by atoms with Crippen LogP contribution >= 0.6 is 15.9 Å². The number of fused-ring (bicyclic) bond motifs is 1. The van der Waals surface area contributed by atoms with Gasteiger partial charge in [0.05, 0.1) is 4.47 Å². The van der Waals surface area contributed by atoms with E-state index >= 15 is 0 Å². The molecule has 0 fully saturated rings. The lowest BCUT2D eigenvalue weighted by Gasteiger charge is -2.20. The van der Waals surface area contributed by atoms with Gasteiger partial charge in [-0.2, -0.15) is 4.98 Å². The third kappa shape index (κ3) is 3.00. The van der Waals surface area contributed by atoms with Gasteiger partial charge in [0, 0.05) is 25.3 Å². The summed E-state index contributed by atoms with van der Waals surface area (Å²) in [5, 5.41) is 7.60. The molecule has 0 amide bonds. The normalized spacial score (nSPS) is 11.7. The van der Waals surface area contributed by atoms with Crippen molar-refractivity contribution in [2.24, 2.45) is 0 Å². The van der Waals surface area contributed by atoms with Gasteiger partial charge in [-0.05, 0) is 49.0 Å². The van der Waals surface area contributed by atoms with Crippen molar-refractivity contribution < 1.29 is 0 Å². The van der Waals surface area contributed by atoms with Crippen LogP contribution in [0, 0.1) is 0 Å². The van der Waals surface area contributed by atoms with Gasteiger partial charge in [0.2, 0.25) is 5.95 Å². The molecule has 0 radical (unpaired) electrons. The van der Waals surface area contributed by atoms with Gasteiger partial charge in [-0.25, -0.2) is 4.52 Å². The van der Waals surface area contributed by atoms with Crippen molar-refractivity contribution in [2.45, 2.75) is 19.9 Å². The van der Waals surface area contributed by atoms with Gasteiger partial charge in [-0.1, -0.05) is 0 Å². The second-order valence-corrected chi connectivity index (χ2v) is 5.42. The van der Waals surface area contributed by atoms with E-state index in [2.05, 4.69) is 57.1 Å². The number of hydrogen-bond acceptors (Lipinski definition) is 4. The fraction of sp³-hybridized carbons (Fsp3) is 0.500. The van der Waals surface area contributed by atoms with Crippen LogP contribution in [0.15, 0.2) is 22.8 Å². The maximum Gasteiger partial charge on any atom is 0.243 e. The number of halogens is 1. The van der Waals surface area contributed by atoms with Gasteiger partial charge in [0.25, 0.3) is 0 Å². The van der Waals surface area contributed by atoms with Gasteiger partial charge >= 0.3 is 0 Å². The molecule has 0 aliphatic heterocycles. The maximum atomic E-state index is 4.43. The van der Waals surface area contributed by atoms with Crippen molar-refractivity contribution in [3.63, 3.8) is 0 Å². The van der Waals surface area contributed by atoms with Gasteiger partial charge in [-0.3, -0.25) is 0 Å². The van der Waals surface area contributed by atoms with Gasteiger partial charge in [0.1, 0.15) is 0 Å². The molecule has 0 aliphatic carbocycles. The third-order valence-corrected chi connectivity index (χ3v) is 3.56. The molecule has 2 aromatic heterocycles. The quantitative estimate of drug-likeness (QED) is 0.920. The molecule has 0 saturated carbocycles. The first-order valence-corrected chi connectivity index (χ1v) is 6.82. The monoisotopic (exact) mass is 311 g/mol. The number of anilines is 1. The predicted molar refractivity (Wildman–Crippen MR) is 76.9 cm³/mol. The Morgan fingerprint density at radius 2 is 2.28 bits per heavy atom. The number of nitrogens with zero attached hydrogens (tertiary/aromatic N) is 4. The molecule has 2 rings (SSSR count). The Labute approximate surface area is 115 Å². The first-order valence-electron chi connectivity index (χ1n) is 6.03. The largest absolute Gasteiger partial charge is 0.352 e. The van der Waals surface area contributed by atoms with Crippen LogP contribution < -0.4 is 5.32 Å². The maximum absolute atomic E-state index is 4.43. The molecule has 2 heterocycles. The van der Waals surface area contributed by atoms with Crippen LogP contribution in [0.1, 0.15) is 13.8 Å². The molecule has 18 heavy (non-hydrogen) atoms. The number of pyridine rings is 1. The Morgan fingerprint density at radius 3 is 2.94 bits per heavy atom. The van der Waals surface area contributed by atoms with E-state index in [1.54, 1.807) is 4.52 Å². The van der Waals surface area contributed by atoms with Crippen molar-refractivity contribution in [2.75, 3.05) is 25.5 Å². The lowest BCUT2D eigenvalue weighted by molar-refractivity contribution is 0.284. The lowest BCUT2D eigenvalue weighted by Crippen LogP contribution is -2.31. The molecule has 2 aromatic rings. The van der Waals surface area contributed by atoms with Gasteiger partial charge in [0.15, 0.2) is 5.65 Å². The first-order chi connectivity index (χ1) is 8.58. The molecule has 0 aliphatic rings. The zero-order valence-corrected chi connectivity index (χ0v) is 12.5. The standard InChI is InChI=1S/C12H18BrN5/c1-9(2)17(3)8-6-14-12-15-11-10(13)5-4-7-18(11)16-12/h4-5,7,9H,6,8H2,1-3H3,(H,14,16). The highest BCUT2D eigenvalue weighted by Crippen LogP contribution is 2.16. The minimum Gasteiger partial charge on any atom is -0.352 e. The topological polar surface area (TPSA) is 45.5 Å². The predicted octanol–water partition coefficient (Wildman–Crippen LogP) is 2.24. The first kappa shape index (κ1) is 13.3. The van der Waals surface area contributed by atoms with Crippen LogP contribution in [0.2, 0.25) is 0 Å². The Bertz CT molecular complexity index is 522. The molecule has 0 bridgehead atoms. The molecule has 0 atom stereocenters. The van der Waals surface area contributed by atoms with Crippen LogP contribution in [0.25, 0.3) is 5.65 Å². The van der Waals surface area contributed by atoms with Crippen molar-refractivity contribution in [1.29, 1.82) is 0 Å². The van der Waals surface area contributed by atoms with E-state index in [0.29, 0.717) is 12.0 Å². The Morgan fingerprint density at radius 1 is 1.50 bits per heavy atom. The minimum atomic E-state index is 0.551. The fourth-order valence-electron chi connectivity index (χ4n) is 1.55. The van der Waals surface area contributed by atoms with Crippen molar-refractivity contribution in [3.8, 4) is 0 Å². The molecule has 6 heteroatoms. The molecule has 98 valence electrons. The van der Waals surface area contributed by atoms with E-state index < -0.39 is 0 Å². The summed E-state index contributed by atoms with van der Waals surface area (Å²) >= 11 is 3.46. The Hall–Kier alpha value is -1.14. The molecule has 0 spiro atoms. The zero-order valence-electron chi connectivity index (χ0n) is 10.9. The molecular weight excluding hydrogens is 294 g/mol. The second kappa shape index (κ2) is 5.67. The molecular formula is C12H18BrN5. The summed E-state index contributed by atoms with van der Waals surface area (Å²) in [6, 6.07) is 4.44. The second-order valence-electron chi connectivity index (χ2n) is 4.56. The highest BCUT2D eigenvalue weighted by atomic mass is 79.9.